The summed E-state index contributed by atoms with van der Waals surface area (Å²) in [7, 11) is 1.69. The second kappa shape index (κ2) is 8.08. The van der Waals surface area contributed by atoms with E-state index in [1.54, 1.807) is 7.11 Å². The monoisotopic (exact) mass is 377 g/mol. The lowest BCUT2D eigenvalue weighted by Crippen LogP contribution is -2.52. The Hall–Kier alpha value is -2.13. The average molecular weight is 378 g/mol. The maximum atomic E-state index is 13.3. The SMILES string of the molecule is COc1c(C)cc(C(=O)C2CC3CCCC(C2)N3Cc2ccccc2)cc1C. The summed E-state index contributed by atoms with van der Waals surface area (Å²) in [4.78, 5) is 16.0. The van der Waals surface area contributed by atoms with Gasteiger partial charge in [0.05, 0.1) is 7.11 Å². The Morgan fingerprint density at radius 3 is 2.21 bits per heavy atom. The van der Waals surface area contributed by atoms with Crippen molar-refractivity contribution >= 4 is 5.78 Å². The van der Waals surface area contributed by atoms with Gasteiger partial charge in [-0.2, -0.15) is 0 Å². The number of ether oxygens (including phenoxy) is 1. The van der Waals surface area contributed by atoms with E-state index in [1.165, 1.54) is 24.8 Å². The van der Waals surface area contributed by atoms with Gasteiger partial charge in [-0.05, 0) is 68.4 Å². The van der Waals surface area contributed by atoms with Crippen LogP contribution in [0.25, 0.3) is 0 Å². The highest BCUT2D eigenvalue weighted by atomic mass is 16.5. The lowest BCUT2D eigenvalue weighted by Gasteiger charge is -2.48. The Kier molecular flexibility index (Phi) is 5.54. The number of rotatable bonds is 5. The number of hydrogen-bond acceptors (Lipinski definition) is 3. The molecule has 2 heterocycles. The molecule has 0 aliphatic carbocycles. The topological polar surface area (TPSA) is 29.5 Å². The molecule has 2 unspecified atom stereocenters. The second-order valence-corrected chi connectivity index (χ2v) is 8.57. The first-order valence-electron chi connectivity index (χ1n) is 10.6. The Morgan fingerprint density at radius 1 is 1.04 bits per heavy atom. The Labute approximate surface area is 168 Å². The third kappa shape index (κ3) is 3.73. The molecule has 2 bridgehead atoms. The van der Waals surface area contributed by atoms with Crippen LogP contribution in [-0.2, 0) is 6.54 Å². The lowest BCUT2D eigenvalue weighted by atomic mass is 9.75. The fraction of sp³-hybridized carbons (Fsp3) is 0.480. The molecule has 2 aliphatic heterocycles. The zero-order valence-electron chi connectivity index (χ0n) is 17.3. The van der Waals surface area contributed by atoms with Gasteiger partial charge < -0.3 is 4.74 Å². The molecule has 2 aliphatic rings. The molecule has 2 saturated heterocycles. The Balaban J connectivity index is 1.52. The number of carbonyl (C=O) groups is 1. The summed E-state index contributed by atoms with van der Waals surface area (Å²) in [5, 5.41) is 0. The van der Waals surface area contributed by atoms with Gasteiger partial charge in [-0.3, -0.25) is 9.69 Å². The number of piperidine rings is 2. The van der Waals surface area contributed by atoms with Crippen LogP contribution in [-0.4, -0.2) is 29.9 Å². The van der Waals surface area contributed by atoms with Gasteiger partial charge in [0.15, 0.2) is 5.78 Å². The lowest BCUT2D eigenvalue weighted by molar-refractivity contribution is 0.00906. The van der Waals surface area contributed by atoms with E-state index in [-0.39, 0.29) is 5.92 Å². The first-order valence-corrected chi connectivity index (χ1v) is 10.6. The second-order valence-electron chi connectivity index (χ2n) is 8.57. The highest BCUT2D eigenvalue weighted by Crippen LogP contribution is 2.39. The summed E-state index contributed by atoms with van der Waals surface area (Å²) in [6.07, 6.45) is 5.71. The third-order valence-electron chi connectivity index (χ3n) is 6.65. The van der Waals surface area contributed by atoms with Gasteiger partial charge in [-0.25, -0.2) is 0 Å². The Morgan fingerprint density at radius 2 is 1.64 bits per heavy atom. The average Bonchev–Trinajstić information content (AvgIpc) is 2.68. The van der Waals surface area contributed by atoms with Crippen molar-refractivity contribution in [1.82, 2.24) is 4.90 Å². The predicted molar refractivity (Wildman–Crippen MR) is 113 cm³/mol. The fourth-order valence-corrected chi connectivity index (χ4v) is 5.40. The first kappa shape index (κ1) is 19.2. The largest absolute Gasteiger partial charge is 0.496 e. The van der Waals surface area contributed by atoms with Crippen molar-refractivity contribution in [2.75, 3.05) is 7.11 Å². The molecule has 0 radical (unpaired) electrons. The van der Waals surface area contributed by atoms with E-state index in [4.69, 9.17) is 4.74 Å². The van der Waals surface area contributed by atoms with Crippen LogP contribution >= 0.6 is 0 Å². The third-order valence-corrected chi connectivity index (χ3v) is 6.65. The number of aryl methyl sites for hydroxylation is 2. The number of ketones is 1. The van der Waals surface area contributed by atoms with Gasteiger partial charge >= 0.3 is 0 Å². The van der Waals surface area contributed by atoms with Crippen molar-refractivity contribution in [2.45, 2.75) is 64.6 Å². The molecule has 148 valence electrons. The van der Waals surface area contributed by atoms with Gasteiger partial charge in [0.2, 0.25) is 0 Å². The predicted octanol–water partition coefficient (Wildman–Crippen LogP) is 5.33. The zero-order valence-corrected chi connectivity index (χ0v) is 17.3. The molecule has 2 atom stereocenters. The quantitative estimate of drug-likeness (QED) is 0.660. The highest BCUT2D eigenvalue weighted by Gasteiger charge is 2.40. The van der Waals surface area contributed by atoms with Crippen molar-refractivity contribution < 1.29 is 9.53 Å². The van der Waals surface area contributed by atoms with E-state index in [2.05, 4.69) is 35.2 Å². The fourth-order valence-electron chi connectivity index (χ4n) is 5.40. The minimum absolute atomic E-state index is 0.148. The summed E-state index contributed by atoms with van der Waals surface area (Å²) < 4.78 is 5.47. The van der Waals surface area contributed by atoms with E-state index < -0.39 is 0 Å². The molecule has 0 aromatic heterocycles. The maximum Gasteiger partial charge on any atom is 0.166 e. The molecule has 0 N–H and O–H groups in total. The van der Waals surface area contributed by atoms with Gasteiger partial charge in [-0.15, -0.1) is 0 Å². The molecular formula is C25H31NO2. The van der Waals surface area contributed by atoms with Crippen molar-refractivity contribution in [3.8, 4) is 5.75 Å². The molecule has 0 spiro atoms. The maximum absolute atomic E-state index is 13.3. The molecular weight excluding hydrogens is 346 g/mol. The number of benzene rings is 2. The normalized spacial score (nSPS) is 24.8. The van der Waals surface area contributed by atoms with E-state index in [0.29, 0.717) is 17.9 Å². The number of methoxy groups -OCH3 is 1. The number of carbonyl (C=O) groups excluding carboxylic acids is 1. The molecule has 4 rings (SSSR count). The van der Waals surface area contributed by atoms with Crippen molar-refractivity contribution in [2.24, 2.45) is 5.92 Å². The molecule has 3 heteroatoms. The van der Waals surface area contributed by atoms with Crippen molar-refractivity contribution in [1.29, 1.82) is 0 Å². The zero-order chi connectivity index (χ0) is 19.7. The van der Waals surface area contributed by atoms with Crippen LogP contribution in [0.1, 0.15) is 59.2 Å². The van der Waals surface area contributed by atoms with Crippen LogP contribution in [0.15, 0.2) is 42.5 Å². The molecule has 28 heavy (non-hydrogen) atoms. The summed E-state index contributed by atoms with van der Waals surface area (Å²) in [5.74, 6) is 1.37. The van der Waals surface area contributed by atoms with Gasteiger partial charge in [0.25, 0.3) is 0 Å². The Bertz CT molecular complexity index is 808. The van der Waals surface area contributed by atoms with E-state index >= 15 is 0 Å². The van der Waals surface area contributed by atoms with Crippen LogP contribution < -0.4 is 4.74 Å². The van der Waals surface area contributed by atoms with E-state index in [9.17, 15) is 4.79 Å². The summed E-state index contributed by atoms with van der Waals surface area (Å²) in [5.41, 5.74) is 4.33. The highest BCUT2D eigenvalue weighted by molar-refractivity contribution is 5.98. The summed E-state index contributed by atoms with van der Waals surface area (Å²) in [6.45, 7) is 5.07. The van der Waals surface area contributed by atoms with Crippen LogP contribution in [0.3, 0.4) is 0 Å². The first-order chi connectivity index (χ1) is 13.6. The molecule has 3 nitrogen and oxygen atoms in total. The smallest absolute Gasteiger partial charge is 0.166 e. The van der Waals surface area contributed by atoms with Gasteiger partial charge in [0.1, 0.15) is 5.75 Å². The molecule has 2 fully saturated rings. The number of Topliss-reactive ketones (excluding diaryl/α,β-unsaturated/α-hetero) is 1. The number of nitrogens with zero attached hydrogens (tertiary/aromatic N) is 1. The van der Waals surface area contributed by atoms with Crippen LogP contribution in [0.2, 0.25) is 0 Å². The molecule has 0 saturated carbocycles. The van der Waals surface area contributed by atoms with Crippen LogP contribution in [0, 0.1) is 19.8 Å². The van der Waals surface area contributed by atoms with Gasteiger partial charge in [0, 0.05) is 30.1 Å². The number of fused-ring (bicyclic) bond motifs is 2. The standard InChI is InChI=1S/C25H31NO2/c1-17-12-20(13-18(2)25(17)28-3)24(27)21-14-22-10-7-11-23(15-21)26(22)16-19-8-5-4-6-9-19/h4-6,8-9,12-13,21-23H,7,10-11,14-16H2,1-3H3. The van der Waals surface area contributed by atoms with Crippen LogP contribution in [0.5, 0.6) is 5.75 Å². The molecule has 0 amide bonds. The van der Waals surface area contributed by atoms with Crippen molar-refractivity contribution in [3.63, 3.8) is 0 Å². The minimum atomic E-state index is 0.148. The minimum Gasteiger partial charge on any atom is -0.496 e. The molecule has 2 aromatic carbocycles. The van der Waals surface area contributed by atoms with Crippen LogP contribution in [0.4, 0.5) is 0 Å². The number of hydrogen-bond donors (Lipinski definition) is 0. The molecule has 2 aromatic rings. The van der Waals surface area contributed by atoms with Gasteiger partial charge in [-0.1, -0.05) is 36.8 Å². The van der Waals surface area contributed by atoms with Crippen molar-refractivity contribution in [3.05, 3.63) is 64.7 Å². The van der Waals surface area contributed by atoms with E-state index in [0.717, 1.165) is 41.8 Å². The summed E-state index contributed by atoms with van der Waals surface area (Å²) in [6, 6.07) is 15.8. The summed E-state index contributed by atoms with van der Waals surface area (Å²) >= 11 is 0. The van der Waals surface area contributed by atoms with E-state index in [1.807, 2.05) is 26.0 Å².